The van der Waals surface area contributed by atoms with Gasteiger partial charge in [-0.15, -0.1) is 0 Å². The van der Waals surface area contributed by atoms with Crippen LogP contribution < -0.4 is 10.1 Å². The minimum Gasteiger partial charge on any atom is -0.486 e. The Morgan fingerprint density at radius 2 is 1.81 bits per heavy atom. The minimum atomic E-state index is -0.558. The van der Waals surface area contributed by atoms with Gasteiger partial charge < -0.3 is 10.1 Å². The van der Waals surface area contributed by atoms with Crippen molar-refractivity contribution in [1.29, 1.82) is 0 Å². The molecular formula is C25H21Cl2FN2O2. The maximum atomic E-state index is 13.5. The molecule has 7 heteroatoms. The van der Waals surface area contributed by atoms with Gasteiger partial charge in [0.15, 0.2) is 5.78 Å². The average Bonchev–Trinajstić information content (AvgIpc) is 2.73. The summed E-state index contributed by atoms with van der Waals surface area (Å²) in [6.07, 6.45) is 3.29. The summed E-state index contributed by atoms with van der Waals surface area (Å²) in [7, 11) is 0. The lowest BCUT2D eigenvalue weighted by atomic mass is 9.38. The van der Waals surface area contributed by atoms with Crippen molar-refractivity contribution < 1.29 is 13.9 Å². The van der Waals surface area contributed by atoms with E-state index in [0.717, 1.165) is 36.3 Å². The summed E-state index contributed by atoms with van der Waals surface area (Å²) in [5, 5.41) is 4.30. The number of hydrogen-bond acceptors (Lipinski definition) is 4. The highest BCUT2D eigenvalue weighted by molar-refractivity contribution is 6.31. The number of anilines is 1. The number of benzene rings is 2. The molecule has 3 saturated carbocycles. The summed E-state index contributed by atoms with van der Waals surface area (Å²) >= 11 is 11.6. The predicted octanol–water partition coefficient (Wildman–Crippen LogP) is 6.57. The number of ether oxygens (including phenoxy) is 1. The average molecular weight is 471 g/mol. The molecule has 2 bridgehead atoms. The lowest BCUT2D eigenvalue weighted by Crippen LogP contribution is -2.71. The van der Waals surface area contributed by atoms with Crippen LogP contribution in [0.4, 0.5) is 10.2 Å². The van der Waals surface area contributed by atoms with Crippen molar-refractivity contribution in [3.8, 4) is 17.0 Å². The van der Waals surface area contributed by atoms with Crippen LogP contribution in [-0.4, -0.2) is 22.9 Å². The van der Waals surface area contributed by atoms with E-state index in [9.17, 15) is 9.18 Å². The predicted molar refractivity (Wildman–Crippen MR) is 124 cm³/mol. The van der Waals surface area contributed by atoms with Crippen LogP contribution in [0.2, 0.25) is 10.0 Å². The van der Waals surface area contributed by atoms with Crippen molar-refractivity contribution in [3.05, 3.63) is 76.5 Å². The molecule has 2 aromatic carbocycles. The van der Waals surface area contributed by atoms with Gasteiger partial charge in [0.25, 0.3) is 0 Å². The van der Waals surface area contributed by atoms with E-state index >= 15 is 0 Å². The molecule has 0 amide bonds. The third-order valence-corrected chi connectivity index (χ3v) is 6.84. The molecule has 0 spiro atoms. The number of nitrogens with one attached hydrogen (secondary N) is 1. The number of halogens is 3. The zero-order chi connectivity index (χ0) is 22.3. The number of carbonyl (C=O) groups excluding carboxylic acids is 1. The van der Waals surface area contributed by atoms with Crippen molar-refractivity contribution in [3.63, 3.8) is 0 Å². The van der Waals surface area contributed by atoms with Crippen molar-refractivity contribution in [1.82, 2.24) is 4.98 Å². The highest BCUT2D eigenvalue weighted by Gasteiger charge is 2.68. The highest BCUT2D eigenvalue weighted by atomic mass is 35.5. The van der Waals surface area contributed by atoms with Crippen LogP contribution in [0.25, 0.3) is 11.3 Å². The van der Waals surface area contributed by atoms with Gasteiger partial charge in [-0.25, -0.2) is 9.37 Å². The Bertz CT molecular complexity index is 1160. The van der Waals surface area contributed by atoms with E-state index in [1.807, 2.05) is 42.5 Å². The second kappa shape index (κ2) is 8.05. The molecule has 164 valence electrons. The van der Waals surface area contributed by atoms with Gasteiger partial charge in [0.05, 0.1) is 10.7 Å². The Morgan fingerprint density at radius 1 is 1.06 bits per heavy atom. The second-order valence-electron chi connectivity index (χ2n) is 8.93. The molecular weight excluding hydrogens is 450 g/mol. The standard InChI is InChI=1S/C25H21Cl2FN2O2/c26-17-6-4-16(5-7-17)22-2-1-3-23(29-22)30-25-13-24(14-25,15-25)11-18(31)12-32-19-8-9-20(27)21(28)10-19/h1-10H,11-15H2,(H,29,30). The molecule has 1 N–H and O–H groups in total. The molecule has 3 aliphatic rings. The van der Waals surface area contributed by atoms with Crippen molar-refractivity contribution in [2.45, 2.75) is 31.2 Å². The van der Waals surface area contributed by atoms with Gasteiger partial charge in [-0.05, 0) is 61.1 Å². The third-order valence-electron chi connectivity index (χ3n) is 6.29. The van der Waals surface area contributed by atoms with Crippen LogP contribution in [0.3, 0.4) is 0 Å². The molecule has 32 heavy (non-hydrogen) atoms. The zero-order valence-corrected chi connectivity index (χ0v) is 18.7. The van der Waals surface area contributed by atoms with E-state index in [-0.39, 0.29) is 28.4 Å². The molecule has 4 nitrogen and oxygen atoms in total. The first-order valence-corrected chi connectivity index (χ1v) is 11.2. The number of aromatic nitrogens is 1. The lowest BCUT2D eigenvalue weighted by molar-refractivity contribution is -0.147. The number of ketones is 1. The molecule has 0 radical (unpaired) electrons. The monoisotopic (exact) mass is 470 g/mol. The van der Waals surface area contributed by atoms with E-state index in [1.54, 1.807) is 6.07 Å². The van der Waals surface area contributed by atoms with Crippen LogP contribution in [0.5, 0.6) is 5.75 Å². The summed E-state index contributed by atoms with van der Waals surface area (Å²) in [6.45, 7) is -0.0616. The number of rotatable bonds is 8. The summed E-state index contributed by atoms with van der Waals surface area (Å²) in [4.78, 5) is 17.1. The fraction of sp³-hybridized carbons (Fsp3) is 0.280. The van der Waals surface area contributed by atoms with E-state index in [4.69, 9.17) is 32.9 Å². The Morgan fingerprint density at radius 3 is 2.53 bits per heavy atom. The Hall–Kier alpha value is -2.63. The number of carbonyl (C=O) groups is 1. The number of pyridine rings is 1. The molecule has 3 aliphatic carbocycles. The van der Waals surface area contributed by atoms with E-state index in [2.05, 4.69) is 5.32 Å². The fourth-order valence-corrected chi connectivity index (χ4v) is 5.32. The summed E-state index contributed by atoms with van der Waals surface area (Å²) < 4.78 is 18.9. The van der Waals surface area contributed by atoms with E-state index < -0.39 is 5.82 Å². The molecule has 0 unspecified atom stereocenters. The highest BCUT2D eigenvalue weighted by Crippen LogP contribution is 2.70. The molecule has 6 rings (SSSR count). The van der Waals surface area contributed by atoms with Gasteiger partial charge in [0.1, 0.15) is 24.0 Å². The first-order valence-electron chi connectivity index (χ1n) is 10.4. The largest absolute Gasteiger partial charge is 0.486 e. The number of nitrogens with zero attached hydrogens (tertiary/aromatic N) is 1. The molecule has 0 saturated heterocycles. The van der Waals surface area contributed by atoms with Crippen LogP contribution >= 0.6 is 23.2 Å². The maximum Gasteiger partial charge on any atom is 0.170 e. The van der Waals surface area contributed by atoms with E-state index in [1.165, 1.54) is 12.1 Å². The van der Waals surface area contributed by atoms with Gasteiger partial charge in [0, 0.05) is 28.6 Å². The smallest absolute Gasteiger partial charge is 0.170 e. The first-order chi connectivity index (χ1) is 15.3. The second-order valence-corrected chi connectivity index (χ2v) is 9.77. The maximum absolute atomic E-state index is 13.5. The third kappa shape index (κ3) is 4.19. The summed E-state index contributed by atoms with van der Waals surface area (Å²) in [5.41, 5.74) is 1.97. The van der Waals surface area contributed by atoms with Crippen LogP contribution in [0, 0.1) is 11.2 Å². The zero-order valence-electron chi connectivity index (χ0n) is 17.2. The van der Waals surface area contributed by atoms with Gasteiger partial charge >= 0.3 is 0 Å². The Kier molecular flexibility index (Phi) is 5.34. The van der Waals surface area contributed by atoms with Crippen LogP contribution in [-0.2, 0) is 4.79 Å². The normalized spacial score (nSPS) is 23.1. The SMILES string of the molecule is O=C(COc1ccc(Cl)c(F)c1)CC12CC(Nc3cccc(-c4ccc(Cl)cc4)n3)(C1)C2. The quantitative estimate of drug-likeness (QED) is 0.404. The van der Waals surface area contributed by atoms with Crippen LogP contribution in [0.1, 0.15) is 25.7 Å². The van der Waals surface area contributed by atoms with Gasteiger partial charge in [-0.2, -0.15) is 0 Å². The molecule has 3 aromatic rings. The van der Waals surface area contributed by atoms with Crippen molar-refractivity contribution in [2.75, 3.05) is 11.9 Å². The fourth-order valence-electron chi connectivity index (χ4n) is 5.08. The Balaban J connectivity index is 1.13. The van der Waals surface area contributed by atoms with Gasteiger partial charge in [-0.1, -0.05) is 41.4 Å². The summed E-state index contributed by atoms with van der Waals surface area (Å²) in [6, 6.07) is 17.7. The molecule has 1 heterocycles. The van der Waals surface area contributed by atoms with Crippen molar-refractivity contribution in [2.24, 2.45) is 5.41 Å². The molecule has 3 fully saturated rings. The van der Waals surface area contributed by atoms with E-state index in [0.29, 0.717) is 17.2 Å². The minimum absolute atomic E-state index is 0.0199. The molecule has 0 atom stereocenters. The summed E-state index contributed by atoms with van der Waals surface area (Å²) in [5.74, 6) is 0.613. The molecule has 0 aliphatic heterocycles. The molecule has 1 aromatic heterocycles. The Labute approximate surface area is 195 Å². The first kappa shape index (κ1) is 21.2. The number of hydrogen-bond donors (Lipinski definition) is 1. The van der Waals surface area contributed by atoms with Crippen LogP contribution in [0.15, 0.2) is 60.7 Å². The number of Topliss-reactive ketones (excluding diaryl/α,β-unsaturated/α-hetero) is 1. The topological polar surface area (TPSA) is 51.2 Å². The van der Waals surface area contributed by atoms with Crippen molar-refractivity contribution >= 4 is 34.8 Å². The lowest BCUT2D eigenvalue weighted by Gasteiger charge is -2.71. The van der Waals surface area contributed by atoms with Gasteiger partial charge in [0.2, 0.25) is 0 Å². The van der Waals surface area contributed by atoms with Gasteiger partial charge in [-0.3, -0.25) is 4.79 Å².